The first-order valence-corrected chi connectivity index (χ1v) is 12.8. The standard InChI is InChI=1S/C23H18Br2N4O8/c24-18-9-16-17(10-19(18)25)23(33)27(22(16)32)26(21(31)13-3-7-15(8-4-13)29(36)37)11-20(30)12-1-5-14(6-2-12)28(34)35/h1-8,16-19H,9-11H2/t16-,17+,18-,19-/m0/s1. The lowest BCUT2D eigenvalue weighted by atomic mass is 9.81. The van der Waals surface area contributed by atoms with E-state index in [1.165, 1.54) is 24.3 Å². The number of carbonyl (C=O) groups excluding carboxylic acids is 4. The van der Waals surface area contributed by atoms with Gasteiger partial charge in [-0.15, -0.1) is 0 Å². The molecular formula is C23H18Br2N4O8. The average Bonchev–Trinajstić information content (AvgIpc) is 3.11. The van der Waals surface area contributed by atoms with Crippen LogP contribution in [0.3, 0.4) is 0 Å². The van der Waals surface area contributed by atoms with Gasteiger partial charge in [-0.3, -0.25) is 39.4 Å². The minimum absolute atomic E-state index is 0.0321. The summed E-state index contributed by atoms with van der Waals surface area (Å²) in [7, 11) is 0. The largest absolute Gasteiger partial charge is 0.292 e. The van der Waals surface area contributed by atoms with Crippen LogP contribution in [-0.2, 0) is 9.59 Å². The van der Waals surface area contributed by atoms with Crippen LogP contribution < -0.4 is 0 Å². The highest BCUT2D eigenvalue weighted by atomic mass is 79.9. The number of hydrogen-bond donors (Lipinski definition) is 0. The van der Waals surface area contributed by atoms with Crippen molar-refractivity contribution >= 4 is 66.7 Å². The van der Waals surface area contributed by atoms with E-state index in [-0.39, 0.29) is 32.2 Å². The van der Waals surface area contributed by atoms with Gasteiger partial charge in [-0.05, 0) is 37.1 Å². The predicted molar refractivity (Wildman–Crippen MR) is 135 cm³/mol. The van der Waals surface area contributed by atoms with Crippen LogP contribution in [0.15, 0.2) is 48.5 Å². The summed E-state index contributed by atoms with van der Waals surface area (Å²) >= 11 is 7.00. The minimum Gasteiger partial charge on any atom is -0.292 e. The molecule has 0 N–H and O–H groups in total. The number of nitrogens with zero attached hydrogens (tertiary/aromatic N) is 4. The minimum atomic E-state index is -0.878. The number of ketones is 1. The summed E-state index contributed by atoms with van der Waals surface area (Å²) in [4.78, 5) is 73.8. The Kier molecular flexibility index (Phi) is 7.50. The summed E-state index contributed by atoms with van der Waals surface area (Å²) < 4.78 is 0. The normalized spacial score (nSPS) is 22.9. The van der Waals surface area contributed by atoms with Gasteiger partial charge in [0.1, 0.15) is 6.54 Å². The molecule has 0 unspecified atom stereocenters. The number of imide groups is 1. The number of hydrazine groups is 1. The third-order valence-electron chi connectivity index (χ3n) is 6.38. The van der Waals surface area contributed by atoms with Gasteiger partial charge in [-0.25, -0.2) is 5.01 Å². The van der Waals surface area contributed by atoms with Gasteiger partial charge >= 0.3 is 0 Å². The van der Waals surface area contributed by atoms with Crippen molar-refractivity contribution in [1.29, 1.82) is 0 Å². The first-order chi connectivity index (χ1) is 17.5. The van der Waals surface area contributed by atoms with Crippen molar-refractivity contribution in [3.63, 3.8) is 0 Å². The fourth-order valence-electron chi connectivity index (χ4n) is 4.42. The van der Waals surface area contributed by atoms with E-state index in [9.17, 15) is 39.4 Å². The van der Waals surface area contributed by atoms with E-state index in [0.717, 1.165) is 29.3 Å². The van der Waals surface area contributed by atoms with Gasteiger partial charge in [-0.2, -0.15) is 5.01 Å². The summed E-state index contributed by atoms with van der Waals surface area (Å²) in [5, 5.41) is 23.4. The van der Waals surface area contributed by atoms with Crippen molar-refractivity contribution in [2.45, 2.75) is 22.5 Å². The van der Waals surface area contributed by atoms with Gasteiger partial charge in [0.15, 0.2) is 5.78 Å². The molecule has 12 nitrogen and oxygen atoms in total. The SMILES string of the molecule is O=C(CN(C(=O)c1ccc([N+](=O)[O-])cc1)N1C(=O)[C@H]2C[C@H](Br)[C@@H](Br)C[C@H]2C1=O)c1ccc([N+](=O)[O-])cc1. The fourth-order valence-corrected chi connectivity index (χ4v) is 5.66. The number of hydrogen-bond acceptors (Lipinski definition) is 8. The van der Waals surface area contributed by atoms with E-state index in [0.29, 0.717) is 17.9 Å². The molecule has 0 aromatic heterocycles. The maximum atomic E-state index is 13.5. The number of nitro benzene ring substituents is 2. The Morgan fingerprint density at radius 3 is 1.62 bits per heavy atom. The van der Waals surface area contributed by atoms with Gasteiger partial charge < -0.3 is 0 Å². The molecule has 1 aliphatic carbocycles. The lowest BCUT2D eigenvalue weighted by Crippen LogP contribution is -2.52. The maximum Gasteiger partial charge on any atom is 0.273 e. The molecule has 1 saturated carbocycles. The summed E-state index contributed by atoms with van der Waals surface area (Å²) in [6.45, 7) is -0.708. The Balaban J connectivity index is 1.68. The van der Waals surface area contributed by atoms with Crippen LogP contribution in [0.2, 0.25) is 0 Å². The quantitative estimate of drug-likeness (QED) is 0.146. The smallest absolute Gasteiger partial charge is 0.273 e. The number of rotatable bonds is 7. The second kappa shape index (κ2) is 10.5. The molecule has 37 heavy (non-hydrogen) atoms. The Labute approximate surface area is 226 Å². The monoisotopic (exact) mass is 636 g/mol. The number of halogens is 2. The molecule has 1 saturated heterocycles. The van der Waals surface area contributed by atoms with Crippen LogP contribution in [0.1, 0.15) is 33.6 Å². The van der Waals surface area contributed by atoms with Crippen LogP contribution >= 0.6 is 31.9 Å². The lowest BCUT2D eigenvalue weighted by Gasteiger charge is -2.30. The van der Waals surface area contributed by atoms with Crippen molar-refractivity contribution in [3.8, 4) is 0 Å². The van der Waals surface area contributed by atoms with Gasteiger partial charge in [0.2, 0.25) is 0 Å². The summed E-state index contributed by atoms with van der Waals surface area (Å²) in [5.41, 5.74) is -0.548. The van der Waals surface area contributed by atoms with E-state index in [1.54, 1.807) is 0 Å². The first-order valence-electron chi connectivity index (χ1n) is 11.0. The van der Waals surface area contributed by atoms with Crippen molar-refractivity contribution in [3.05, 3.63) is 79.9 Å². The molecule has 4 rings (SSSR count). The number of non-ortho nitro benzene ring substituents is 2. The molecule has 3 amide bonds. The number of Topliss-reactive ketones (excluding diaryl/α,β-unsaturated/α-hetero) is 1. The van der Waals surface area contributed by atoms with E-state index in [2.05, 4.69) is 31.9 Å². The van der Waals surface area contributed by atoms with Crippen molar-refractivity contribution in [1.82, 2.24) is 10.0 Å². The number of alkyl halides is 2. The molecule has 0 radical (unpaired) electrons. The number of benzene rings is 2. The van der Waals surface area contributed by atoms with Crippen LogP contribution in [0, 0.1) is 32.1 Å². The highest BCUT2D eigenvalue weighted by Crippen LogP contribution is 2.43. The third-order valence-corrected chi connectivity index (χ3v) is 9.12. The Bertz CT molecular complexity index is 1270. The van der Waals surface area contributed by atoms with E-state index in [4.69, 9.17) is 0 Å². The van der Waals surface area contributed by atoms with E-state index in [1.807, 2.05) is 0 Å². The van der Waals surface area contributed by atoms with Crippen LogP contribution in [0.25, 0.3) is 0 Å². The summed E-state index contributed by atoms with van der Waals surface area (Å²) in [6, 6.07) is 9.23. The predicted octanol–water partition coefficient (Wildman–Crippen LogP) is 3.67. The highest BCUT2D eigenvalue weighted by Gasteiger charge is 2.54. The zero-order valence-electron chi connectivity index (χ0n) is 18.9. The van der Waals surface area contributed by atoms with E-state index < -0.39 is 51.7 Å². The molecule has 4 atom stereocenters. The first kappa shape index (κ1) is 26.5. The Morgan fingerprint density at radius 2 is 1.22 bits per heavy atom. The van der Waals surface area contributed by atoms with E-state index >= 15 is 0 Å². The molecule has 1 aliphatic heterocycles. The average molecular weight is 638 g/mol. The molecule has 0 spiro atoms. The molecule has 192 valence electrons. The topological polar surface area (TPSA) is 161 Å². The molecule has 2 aromatic rings. The molecule has 14 heteroatoms. The van der Waals surface area contributed by atoms with Crippen LogP contribution in [0.4, 0.5) is 11.4 Å². The molecule has 2 aromatic carbocycles. The zero-order valence-corrected chi connectivity index (χ0v) is 22.0. The molecular weight excluding hydrogens is 620 g/mol. The Morgan fingerprint density at radius 1 is 0.811 bits per heavy atom. The highest BCUT2D eigenvalue weighted by molar-refractivity contribution is 9.12. The number of amides is 3. The number of fused-ring (bicyclic) bond motifs is 1. The Hall–Kier alpha value is -3.52. The second-order valence-electron chi connectivity index (χ2n) is 8.60. The maximum absolute atomic E-state index is 13.5. The van der Waals surface area contributed by atoms with Crippen molar-refractivity contribution in [2.24, 2.45) is 11.8 Å². The molecule has 2 fully saturated rings. The summed E-state index contributed by atoms with van der Waals surface area (Å²) in [5.74, 6) is -4.16. The number of carbonyl (C=O) groups is 4. The van der Waals surface area contributed by atoms with Crippen LogP contribution in [0.5, 0.6) is 0 Å². The lowest BCUT2D eigenvalue weighted by molar-refractivity contribution is -0.385. The molecule has 0 bridgehead atoms. The third kappa shape index (κ3) is 5.16. The molecule has 2 aliphatic rings. The second-order valence-corrected chi connectivity index (χ2v) is 11.0. The van der Waals surface area contributed by atoms with Gasteiger partial charge in [-0.1, -0.05) is 31.9 Å². The van der Waals surface area contributed by atoms with Gasteiger partial charge in [0, 0.05) is 45.0 Å². The zero-order chi connectivity index (χ0) is 27.0. The fraction of sp³-hybridized carbons (Fsp3) is 0.304. The van der Waals surface area contributed by atoms with Crippen molar-refractivity contribution in [2.75, 3.05) is 6.54 Å². The number of nitro groups is 2. The van der Waals surface area contributed by atoms with Crippen molar-refractivity contribution < 1.29 is 29.0 Å². The van der Waals surface area contributed by atoms with Gasteiger partial charge in [0.25, 0.3) is 29.1 Å². The van der Waals surface area contributed by atoms with Crippen LogP contribution in [-0.4, -0.2) is 59.6 Å². The van der Waals surface area contributed by atoms with Gasteiger partial charge in [0.05, 0.1) is 21.7 Å². The molecule has 1 heterocycles. The summed E-state index contributed by atoms with van der Waals surface area (Å²) in [6.07, 6.45) is 0.690.